The summed E-state index contributed by atoms with van der Waals surface area (Å²) in [6.07, 6.45) is 0. The van der Waals surface area contributed by atoms with Crippen molar-refractivity contribution in [3.63, 3.8) is 0 Å². The monoisotopic (exact) mass is 312 g/mol. The molecule has 1 aromatic rings. The summed E-state index contributed by atoms with van der Waals surface area (Å²) < 4.78 is 9.62. The van der Waals surface area contributed by atoms with E-state index in [0.29, 0.717) is 10.0 Å². The minimum Gasteiger partial charge on any atom is -0.494 e. The lowest BCUT2D eigenvalue weighted by Gasteiger charge is -2.25. The van der Waals surface area contributed by atoms with E-state index in [1.165, 1.54) is 13.2 Å². The van der Waals surface area contributed by atoms with Crippen molar-refractivity contribution in [3.05, 3.63) is 17.7 Å². The Balaban J connectivity index is 3.67. The van der Waals surface area contributed by atoms with Gasteiger partial charge in [0, 0.05) is 0 Å². The van der Waals surface area contributed by atoms with Crippen LogP contribution < -0.4 is 37.9 Å². The Labute approximate surface area is 125 Å². The van der Waals surface area contributed by atoms with E-state index in [1.807, 2.05) is 0 Å². The molecule has 0 fully saturated rings. The summed E-state index contributed by atoms with van der Waals surface area (Å²) in [6.45, 7) is 0. The van der Waals surface area contributed by atoms with Gasteiger partial charge in [-0.3, -0.25) is 0 Å². The van der Waals surface area contributed by atoms with Gasteiger partial charge in [0.05, 0.1) is 25.5 Å². The number of methoxy groups -OCH3 is 2. The number of amides is 4. The van der Waals surface area contributed by atoms with Crippen LogP contribution in [0.1, 0.15) is 10.4 Å². The van der Waals surface area contributed by atoms with Gasteiger partial charge in [-0.2, -0.15) is 0 Å². The van der Waals surface area contributed by atoms with Crippen molar-refractivity contribution in [1.29, 1.82) is 0 Å². The van der Waals surface area contributed by atoms with E-state index in [9.17, 15) is 14.4 Å². The molecule has 0 saturated carbocycles. The Morgan fingerprint density at radius 2 is 1.55 bits per heavy atom. The predicted octanol–water partition coefficient (Wildman–Crippen LogP) is -1.00. The number of primary amides is 2. The molecule has 120 valence electrons. The minimum atomic E-state index is -1.07. The molecule has 0 aromatic heterocycles. The maximum atomic E-state index is 11.7. The summed E-state index contributed by atoms with van der Waals surface area (Å²) in [5.41, 5.74) is 9.86. The highest BCUT2D eigenvalue weighted by atomic mass is 16.5. The number of benzene rings is 1. The molecule has 0 aliphatic rings. The summed E-state index contributed by atoms with van der Waals surface area (Å²) in [4.78, 5) is 34.2. The lowest BCUT2D eigenvalue weighted by atomic mass is 10.1. The number of anilines is 2. The lowest BCUT2D eigenvalue weighted by Crippen LogP contribution is -2.46. The molecule has 8 N–H and O–H groups in total. The molecule has 1 aromatic carbocycles. The highest BCUT2D eigenvalue weighted by Crippen LogP contribution is 2.38. The van der Waals surface area contributed by atoms with Crippen molar-refractivity contribution < 1.29 is 23.9 Å². The fourth-order valence-corrected chi connectivity index (χ4v) is 1.64. The van der Waals surface area contributed by atoms with Crippen LogP contribution in [0.3, 0.4) is 0 Å². The van der Waals surface area contributed by atoms with Crippen molar-refractivity contribution in [2.75, 3.05) is 24.2 Å². The molecular formula is C11H16N6O5. The smallest absolute Gasteiger partial charge is 0.338 e. The fourth-order valence-electron chi connectivity index (χ4n) is 1.64. The summed E-state index contributed by atoms with van der Waals surface area (Å²) in [5, 5.41) is 0.977. The molecule has 1 rings (SSSR count). The second-order valence-electron chi connectivity index (χ2n) is 3.95. The first kappa shape index (κ1) is 17.0. The van der Waals surface area contributed by atoms with Crippen LogP contribution in [0.4, 0.5) is 21.0 Å². The summed E-state index contributed by atoms with van der Waals surface area (Å²) in [6, 6.07) is 0.269. The molecule has 0 bridgehead atoms. The molecule has 11 nitrogen and oxygen atoms in total. The third kappa shape index (κ3) is 3.16. The average Bonchev–Trinajstić information content (AvgIpc) is 2.50. The Morgan fingerprint density at radius 3 is 1.95 bits per heavy atom. The zero-order valence-corrected chi connectivity index (χ0v) is 11.9. The molecule has 11 heteroatoms. The van der Waals surface area contributed by atoms with E-state index < -0.39 is 18.0 Å². The van der Waals surface area contributed by atoms with Gasteiger partial charge in [0.25, 0.3) is 0 Å². The molecule has 0 heterocycles. The standard InChI is InChI=1S/C11H16N6O5/c1-21-7-4-5(9(18)22-2)3-6(16(14)10(12)19)8(7)17(15)11(13)20/h3-4H,14-15H2,1-2H3,(H2,12,19)(H2,13,20). The lowest BCUT2D eigenvalue weighted by molar-refractivity contribution is 0.0600. The van der Waals surface area contributed by atoms with Crippen LogP contribution in [-0.2, 0) is 4.74 Å². The second kappa shape index (κ2) is 6.60. The van der Waals surface area contributed by atoms with Crippen molar-refractivity contribution in [2.45, 2.75) is 0 Å². The number of hydrogen-bond donors (Lipinski definition) is 4. The van der Waals surface area contributed by atoms with Gasteiger partial charge >= 0.3 is 18.0 Å². The number of urea groups is 2. The first-order valence-corrected chi connectivity index (χ1v) is 5.73. The molecule has 22 heavy (non-hydrogen) atoms. The van der Waals surface area contributed by atoms with Gasteiger partial charge in [0.1, 0.15) is 11.4 Å². The second-order valence-corrected chi connectivity index (χ2v) is 3.95. The molecule has 0 spiro atoms. The fraction of sp³-hybridized carbons (Fsp3) is 0.182. The van der Waals surface area contributed by atoms with Crippen LogP contribution in [0.25, 0.3) is 0 Å². The van der Waals surface area contributed by atoms with Crippen molar-refractivity contribution >= 4 is 29.4 Å². The van der Waals surface area contributed by atoms with E-state index in [1.54, 1.807) is 0 Å². The molecule has 0 radical (unpaired) electrons. The van der Waals surface area contributed by atoms with Gasteiger partial charge in [0.2, 0.25) is 0 Å². The number of nitrogens with two attached hydrogens (primary N) is 4. The number of ether oxygens (including phenoxy) is 2. The maximum absolute atomic E-state index is 11.7. The van der Waals surface area contributed by atoms with Crippen molar-refractivity contribution in [1.82, 2.24) is 0 Å². The van der Waals surface area contributed by atoms with E-state index in [2.05, 4.69) is 4.74 Å². The van der Waals surface area contributed by atoms with E-state index >= 15 is 0 Å². The van der Waals surface area contributed by atoms with Gasteiger partial charge in [0.15, 0.2) is 0 Å². The summed E-state index contributed by atoms with van der Waals surface area (Å²) >= 11 is 0. The van der Waals surface area contributed by atoms with Gasteiger partial charge in [-0.15, -0.1) is 0 Å². The minimum absolute atomic E-state index is 0.00679. The average molecular weight is 312 g/mol. The zero-order chi connectivity index (χ0) is 17.0. The van der Waals surface area contributed by atoms with Crippen molar-refractivity contribution in [2.24, 2.45) is 23.2 Å². The maximum Gasteiger partial charge on any atom is 0.338 e. The number of esters is 1. The Kier molecular flexibility index (Phi) is 5.10. The first-order valence-electron chi connectivity index (χ1n) is 5.73. The van der Waals surface area contributed by atoms with Crippen LogP contribution in [0.5, 0.6) is 5.75 Å². The molecule has 0 aliphatic heterocycles. The van der Waals surface area contributed by atoms with Crippen LogP contribution in [-0.4, -0.2) is 32.3 Å². The number of hydrogen-bond acceptors (Lipinski definition) is 7. The SMILES string of the molecule is COC(=O)c1cc(OC)c(N(N)C(N)=O)c(N(N)C(N)=O)c1. The van der Waals surface area contributed by atoms with Crippen LogP contribution in [0.15, 0.2) is 12.1 Å². The van der Waals surface area contributed by atoms with E-state index in [0.717, 1.165) is 13.2 Å². The van der Waals surface area contributed by atoms with Gasteiger partial charge in [-0.25, -0.2) is 36.1 Å². The number of carbonyl (C=O) groups is 3. The molecule has 0 saturated heterocycles. The molecule has 0 aliphatic carbocycles. The van der Waals surface area contributed by atoms with E-state index in [4.69, 9.17) is 27.9 Å². The third-order valence-electron chi connectivity index (χ3n) is 2.67. The van der Waals surface area contributed by atoms with Crippen molar-refractivity contribution in [3.8, 4) is 5.75 Å². The topological polar surface area (TPSA) is 180 Å². The summed E-state index contributed by atoms with van der Waals surface area (Å²) in [7, 11) is 2.42. The Hall–Kier alpha value is -3.05. The Bertz CT molecular complexity index is 619. The Morgan fingerprint density at radius 1 is 1.00 bits per heavy atom. The molecule has 0 unspecified atom stereocenters. The van der Waals surface area contributed by atoms with Crippen LogP contribution in [0, 0.1) is 0 Å². The number of rotatable bonds is 4. The third-order valence-corrected chi connectivity index (χ3v) is 2.67. The predicted molar refractivity (Wildman–Crippen MR) is 76.8 cm³/mol. The van der Waals surface area contributed by atoms with Gasteiger partial charge in [-0.1, -0.05) is 0 Å². The zero-order valence-electron chi connectivity index (χ0n) is 11.9. The number of nitrogens with zero attached hydrogens (tertiary/aromatic N) is 2. The van der Waals surface area contributed by atoms with Crippen LogP contribution >= 0.6 is 0 Å². The van der Waals surface area contributed by atoms with Gasteiger partial charge < -0.3 is 20.9 Å². The normalized spacial score (nSPS) is 9.82. The summed E-state index contributed by atoms with van der Waals surface area (Å²) in [5.74, 6) is 10.3. The van der Waals surface area contributed by atoms with Gasteiger partial charge in [-0.05, 0) is 12.1 Å². The van der Waals surface area contributed by atoms with Crippen LogP contribution in [0.2, 0.25) is 0 Å². The number of carbonyl (C=O) groups excluding carboxylic acids is 3. The molecule has 0 atom stereocenters. The quantitative estimate of drug-likeness (QED) is 0.238. The highest BCUT2D eigenvalue weighted by molar-refractivity contribution is 6.03. The highest BCUT2D eigenvalue weighted by Gasteiger charge is 2.25. The number of hydrazine groups is 2. The molecule has 4 amide bonds. The first-order chi connectivity index (χ1) is 10.2. The largest absolute Gasteiger partial charge is 0.494 e. The molecular weight excluding hydrogens is 296 g/mol. The van der Waals surface area contributed by atoms with E-state index in [-0.39, 0.29) is 22.7 Å².